The van der Waals surface area contributed by atoms with Gasteiger partial charge < -0.3 is 0 Å². The fourth-order valence-electron chi connectivity index (χ4n) is 2.13. The first-order valence-corrected chi connectivity index (χ1v) is 8.35. The molecule has 1 aliphatic heterocycles. The van der Waals surface area contributed by atoms with Crippen molar-refractivity contribution >= 4 is 37.6 Å². The van der Waals surface area contributed by atoms with E-state index in [9.17, 15) is 0 Å². The van der Waals surface area contributed by atoms with Crippen LogP contribution in [0.2, 0.25) is 0 Å². The Labute approximate surface area is 126 Å². The van der Waals surface area contributed by atoms with Crippen LogP contribution in [0.4, 0.5) is 0 Å². The molecule has 1 heterocycles. The number of nitrogens with zero attached hydrogens (tertiary/aromatic N) is 2. The predicted octanol–water partition coefficient (Wildman–Crippen LogP) is 4.42. The van der Waals surface area contributed by atoms with Crippen molar-refractivity contribution in [2.75, 3.05) is 18.4 Å². The summed E-state index contributed by atoms with van der Waals surface area (Å²) in [4.78, 5) is 0. The molecule has 2 rings (SSSR count). The van der Waals surface area contributed by atoms with E-state index in [1.165, 1.54) is 31.2 Å². The van der Waals surface area contributed by atoms with Crippen LogP contribution in [-0.4, -0.2) is 29.1 Å². The molecule has 98 valence electrons. The lowest BCUT2D eigenvalue weighted by molar-refractivity contribution is 0.301. The molecule has 1 aromatic rings. The van der Waals surface area contributed by atoms with Gasteiger partial charge in [-0.3, -0.25) is 5.01 Å². The Hall–Kier alpha value is -0.350. The summed E-state index contributed by atoms with van der Waals surface area (Å²) in [6.45, 7) is 2.18. The van der Waals surface area contributed by atoms with Crippen LogP contribution in [0.25, 0.3) is 0 Å². The SMILES string of the molecule is BrC/C(=N\N1CCCCCC1)c1ccc(Br)cc1. The molecule has 0 atom stereocenters. The minimum absolute atomic E-state index is 0.797. The zero-order valence-electron chi connectivity index (χ0n) is 10.4. The van der Waals surface area contributed by atoms with Crippen molar-refractivity contribution in [1.82, 2.24) is 5.01 Å². The standard InChI is InChI=1S/C14H18Br2N2/c15-11-14(12-5-7-13(16)8-6-12)17-18-9-3-1-2-4-10-18/h5-8H,1-4,9-11H2/b17-14+. The van der Waals surface area contributed by atoms with E-state index in [1.54, 1.807) is 0 Å². The third kappa shape index (κ3) is 4.09. The van der Waals surface area contributed by atoms with Crippen LogP contribution < -0.4 is 0 Å². The van der Waals surface area contributed by atoms with Gasteiger partial charge in [0.15, 0.2) is 0 Å². The molecular weight excluding hydrogens is 356 g/mol. The Kier molecular flexibility index (Phi) is 5.70. The van der Waals surface area contributed by atoms with Crippen molar-refractivity contribution in [2.24, 2.45) is 5.10 Å². The normalized spacial score (nSPS) is 17.7. The van der Waals surface area contributed by atoms with E-state index >= 15 is 0 Å². The summed E-state index contributed by atoms with van der Waals surface area (Å²) in [7, 11) is 0. The molecule has 0 aliphatic carbocycles. The number of benzene rings is 1. The summed E-state index contributed by atoms with van der Waals surface area (Å²) in [5, 5.41) is 7.83. The van der Waals surface area contributed by atoms with Crippen molar-refractivity contribution in [2.45, 2.75) is 25.7 Å². The summed E-state index contributed by atoms with van der Waals surface area (Å²) in [6, 6.07) is 8.36. The van der Waals surface area contributed by atoms with Gasteiger partial charge in [-0.15, -0.1) is 0 Å². The second-order valence-electron chi connectivity index (χ2n) is 4.56. The highest BCUT2D eigenvalue weighted by atomic mass is 79.9. The lowest BCUT2D eigenvalue weighted by Crippen LogP contribution is -2.21. The van der Waals surface area contributed by atoms with E-state index < -0.39 is 0 Å². The van der Waals surface area contributed by atoms with Crippen LogP contribution in [0.5, 0.6) is 0 Å². The molecular formula is C14H18Br2N2. The van der Waals surface area contributed by atoms with Gasteiger partial charge in [-0.1, -0.05) is 56.8 Å². The predicted molar refractivity (Wildman–Crippen MR) is 84.5 cm³/mol. The highest BCUT2D eigenvalue weighted by Gasteiger charge is 2.09. The molecule has 1 aliphatic rings. The lowest BCUT2D eigenvalue weighted by Gasteiger charge is -2.18. The number of hydrogen-bond donors (Lipinski definition) is 0. The average Bonchev–Trinajstić information content (AvgIpc) is 2.66. The summed E-state index contributed by atoms with van der Waals surface area (Å²) in [5.41, 5.74) is 2.31. The average molecular weight is 374 g/mol. The summed E-state index contributed by atoms with van der Waals surface area (Å²) in [6.07, 6.45) is 5.21. The van der Waals surface area contributed by atoms with E-state index in [4.69, 9.17) is 5.10 Å². The van der Waals surface area contributed by atoms with Crippen molar-refractivity contribution < 1.29 is 0 Å². The number of halogens is 2. The Morgan fingerprint density at radius 2 is 1.67 bits per heavy atom. The molecule has 0 saturated carbocycles. The Morgan fingerprint density at radius 1 is 1.06 bits per heavy atom. The molecule has 0 unspecified atom stereocenters. The third-order valence-corrected chi connectivity index (χ3v) is 4.21. The van der Waals surface area contributed by atoms with Gasteiger partial charge in [0.05, 0.1) is 5.71 Å². The van der Waals surface area contributed by atoms with Gasteiger partial charge in [-0.25, -0.2) is 0 Å². The largest absolute Gasteiger partial charge is 0.297 e. The zero-order chi connectivity index (χ0) is 12.8. The molecule has 1 saturated heterocycles. The van der Waals surface area contributed by atoms with Gasteiger partial charge in [0.25, 0.3) is 0 Å². The molecule has 0 aromatic heterocycles. The fourth-order valence-corrected chi connectivity index (χ4v) is 2.83. The maximum absolute atomic E-state index is 4.80. The second-order valence-corrected chi connectivity index (χ2v) is 6.03. The van der Waals surface area contributed by atoms with E-state index in [1.807, 2.05) is 0 Å². The summed E-state index contributed by atoms with van der Waals surface area (Å²) >= 11 is 7.01. The Bertz CT molecular complexity index is 393. The first-order chi connectivity index (χ1) is 8.79. The van der Waals surface area contributed by atoms with Crippen LogP contribution in [0.15, 0.2) is 33.8 Å². The number of alkyl halides is 1. The first-order valence-electron chi connectivity index (χ1n) is 6.44. The molecule has 4 heteroatoms. The molecule has 0 radical (unpaired) electrons. The van der Waals surface area contributed by atoms with Gasteiger partial charge >= 0.3 is 0 Å². The molecule has 1 aromatic carbocycles. The number of hydrazone groups is 1. The van der Waals surface area contributed by atoms with Gasteiger partial charge in [0.1, 0.15) is 0 Å². The van der Waals surface area contributed by atoms with Gasteiger partial charge in [0, 0.05) is 22.9 Å². The topological polar surface area (TPSA) is 15.6 Å². The minimum atomic E-state index is 0.797. The van der Waals surface area contributed by atoms with Crippen LogP contribution in [0.1, 0.15) is 31.2 Å². The van der Waals surface area contributed by atoms with Crippen LogP contribution in [0.3, 0.4) is 0 Å². The van der Waals surface area contributed by atoms with Crippen LogP contribution in [0, 0.1) is 0 Å². The quantitative estimate of drug-likeness (QED) is 0.565. The van der Waals surface area contributed by atoms with Crippen molar-refractivity contribution in [3.63, 3.8) is 0 Å². The van der Waals surface area contributed by atoms with Crippen molar-refractivity contribution in [3.8, 4) is 0 Å². The van der Waals surface area contributed by atoms with Gasteiger partial charge in [-0.05, 0) is 30.5 Å². The number of rotatable bonds is 3. The molecule has 0 bridgehead atoms. The summed E-state index contributed by atoms with van der Waals surface area (Å²) < 4.78 is 1.11. The smallest absolute Gasteiger partial charge is 0.0782 e. The highest BCUT2D eigenvalue weighted by Crippen LogP contribution is 2.15. The highest BCUT2D eigenvalue weighted by molar-refractivity contribution is 9.10. The molecule has 1 fully saturated rings. The zero-order valence-corrected chi connectivity index (χ0v) is 13.6. The van der Waals surface area contributed by atoms with E-state index in [0.717, 1.165) is 28.6 Å². The van der Waals surface area contributed by atoms with E-state index in [0.29, 0.717) is 0 Å². The Morgan fingerprint density at radius 3 is 2.22 bits per heavy atom. The molecule has 2 nitrogen and oxygen atoms in total. The van der Waals surface area contributed by atoms with Crippen molar-refractivity contribution in [3.05, 3.63) is 34.3 Å². The minimum Gasteiger partial charge on any atom is -0.297 e. The second kappa shape index (κ2) is 7.29. The lowest BCUT2D eigenvalue weighted by atomic mass is 10.1. The van der Waals surface area contributed by atoms with E-state index in [2.05, 4.69) is 61.1 Å². The first kappa shape index (κ1) is 14.1. The third-order valence-electron chi connectivity index (χ3n) is 3.15. The number of hydrogen-bond acceptors (Lipinski definition) is 2. The maximum atomic E-state index is 4.80. The molecule has 18 heavy (non-hydrogen) atoms. The Balaban J connectivity index is 2.13. The molecule has 0 N–H and O–H groups in total. The molecule has 0 amide bonds. The van der Waals surface area contributed by atoms with Gasteiger partial charge in [-0.2, -0.15) is 5.10 Å². The van der Waals surface area contributed by atoms with E-state index in [-0.39, 0.29) is 0 Å². The van der Waals surface area contributed by atoms with Gasteiger partial charge in [0.2, 0.25) is 0 Å². The monoisotopic (exact) mass is 372 g/mol. The van der Waals surface area contributed by atoms with Crippen LogP contribution in [-0.2, 0) is 0 Å². The van der Waals surface area contributed by atoms with Crippen molar-refractivity contribution in [1.29, 1.82) is 0 Å². The summed E-state index contributed by atoms with van der Waals surface area (Å²) in [5.74, 6) is 0. The molecule has 0 spiro atoms. The maximum Gasteiger partial charge on any atom is 0.0782 e. The fraction of sp³-hybridized carbons (Fsp3) is 0.500. The van der Waals surface area contributed by atoms with Crippen LogP contribution >= 0.6 is 31.9 Å².